The van der Waals surface area contributed by atoms with E-state index in [1.165, 1.54) is 11.1 Å². The number of allylic oxidation sites excluding steroid dienone is 4. The fraction of sp³-hybridized carbons (Fsp3) is 0.462. The van der Waals surface area contributed by atoms with E-state index < -0.39 is 0 Å². The lowest BCUT2D eigenvalue weighted by atomic mass is 9.82. The summed E-state index contributed by atoms with van der Waals surface area (Å²) < 4.78 is 5.75. The number of hydrogen-bond acceptors (Lipinski definition) is 3. The van der Waals surface area contributed by atoms with Crippen molar-refractivity contribution in [1.29, 1.82) is 5.26 Å². The Morgan fingerprint density at radius 2 is 2.38 bits per heavy atom. The number of nitriles is 1. The van der Waals surface area contributed by atoms with Gasteiger partial charge in [0.1, 0.15) is 5.76 Å². The number of ether oxygens (including phenoxy) is 1. The molecule has 82 valence electrons. The van der Waals surface area contributed by atoms with E-state index in [4.69, 9.17) is 10.00 Å². The molecule has 16 heavy (non-hydrogen) atoms. The molecule has 1 fully saturated rings. The molecule has 1 aliphatic carbocycles. The van der Waals surface area contributed by atoms with E-state index in [0.29, 0.717) is 5.92 Å². The zero-order chi connectivity index (χ0) is 11.0. The number of rotatable bonds is 0. The van der Waals surface area contributed by atoms with Gasteiger partial charge >= 0.3 is 0 Å². The van der Waals surface area contributed by atoms with Gasteiger partial charge < -0.3 is 10.1 Å². The SMILES string of the molecule is N#CC1=CC=C2OCC3CNCCC3=C2C1. The van der Waals surface area contributed by atoms with E-state index in [0.717, 1.165) is 43.9 Å². The Kier molecular flexibility index (Phi) is 2.30. The maximum atomic E-state index is 8.95. The lowest BCUT2D eigenvalue weighted by molar-refractivity contribution is 0.158. The number of nitrogens with one attached hydrogen (secondary N) is 1. The molecule has 3 nitrogen and oxygen atoms in total. The first-order valence-electron chi connectivity index (χ1n) is 5.75. The predicted molar refractivity (Wildman–Crippen MR) is 60.4 cm³/mol. The molecule has 1 unspecified atom stereocenters. The molecule has 0 amide bonds. The van der Waals surface area contributed by atoms with Crippen molar-refractivity contribution in [3.05, 3.63) is 34.6 Å². The van der Waals surface area contributed by atoms with Gasteiger partial charge in [0.15, 0.2) is 0 Å². The van der Waals surface area contributed by atoms with Gasteiger partial charge in [0.25, 0.3) is 0 Å². The Morgan fingerprint density at radius 1 is 1.44 bits per heavy atom. The Labute approximate surface area is 95.1 Å². The van der Waals surface area contributed by atoms with E-state index in [2.05, 4.69) is 11.4 Å². The minimum absolute atomic E-state index is 0.513. The quantitative estimate of drug-likeness (QED) is 0.667. The van der Waals surface area contributed by atoms with Gasteiger partial charge in [-0.2, -0.15) is 5.26 Å². The van der Waals surface area contributed by atoms with Crippen LogP contribution in [0.3, 0.4) is 0 Å². The van der Waals surface area contributed by atoms with Crippen LogP contribution in [0.25, 0.3) is 0 Å². The van der Waals surface area contributed by atoms with Crippen molar-refractivity contribution in [2.24, 2.45) is 5.92 Å². The molecule has 0 bridgehead atoms. The summed E-state index contributed by atoms with van der Waals surface area (Å²) in [6.07, 6.45) is 5.68. The van der Waals surface area contributed by atoms with Gasteiger partial charge in [-0.3, -0.25) is 0 Å². The molecule has 0 aromatic heterocycles. The van der Waals surface area contributed by atoms with Crippen LogP contribution < -0.4 is 5.32 Å². The molecular formula is C13H14N2O. The summed E-state index contributed by atoms with van der Waals surface area (Å²) in [6.45, 7) is 2.85. The Morgan fingerprint density at radius 3 is 3.25 bits per heavy atom. The molecule has 3 rings (SSSR count). The Bertz CT molecular complexity index is 451. The van der Waals surface area contributed by atoms with E-state index in [1.807, 2.05) is 12.2 Å². The normalized spacial score (nSPS) is 28.1. The highest BCUT2D eigenvalue weighted by Gasteiger charge is 2.30. The van der Waals surface area contributed by atoms with Crippen molar-refractivity contribution < 1.29 is 4.74 Å². The standard InChI is InChI=1S/C13H14N2O/c14-6-9-1-2-13-12(5-9)11-3-4-15-7-10(11)8-16-13/h1-2,10,15H,3-5,7-8H2. The summed E-state index contributed by atoms with van der Waals surface area (Å²) in [4.78, 5) is 0. The number of piperidine rings is 1. The monoisotopic (exact) mass is 214 g/mol. The zero-order valence-corrected chi connectivity index (χ0v) is 9.12. The van der Waals surface area contributed by atoms with Crippen molar-refractivity contribution in [1.82, 2.24) is 5.32 Å². The van der Waals surface area contributed by atoms with Crippen LogP contribution in [0.2, 0.25) is 0 Å². The molecule has 0 aromatic rings. The fourth-order valence-electron chi connectivity index (χ4n) is 2.67. The first kappa shape index (κ1) is 9.68. The maximum Gasteiger partial charge on any atom is 0.122 e. The second-order valence-electron chi connectivity index (χ2n) is 4.48. The third kappa shape index (κ3) is 1.46. The first-order valence-corrected chi connectivity index (χ1v) is 5.75. The molecule has 1 N–H and O–H groups in total. The smallest absolute Gasteiger partial charge is 0.122 e. The van der Waals surface area contributed by atoms with Gasteiger partial charge in [0, 0.05) is 24.5 Å². The third-order valence-corrected chi connectivity index (χ3v) is 3.53. The highest BCUT2D eigenvalue weighted by Crippen LogP contribution is 2.37. The summed E-state index contributed by atoms with van der Waals surface area (Å²) in [6, 6.07) is 2.24. The molecule has 1 atom stereocenters. The number of hydrogen-bond donors (Lipinski definition) is 1. The third-order valence-electron chi connectivity index (χ3n) is 3.53. The van der Waals surface area contributed by atoms with Crippen LogP contribution in [0.5, 0.6) is 0 Å². The van der Waals surface area contributed by atoms with Crippen molar-refractivity contribution in [3.63, 3.8) is 0 Å². The van der Waals surface area contributed by atoms with Crippen LogP contribution in [0, 0.1) is 17.2 Å². The van der Waals surface area contributed by atoms with Crippen LogP contribution in [0.4, 0.5) is 0 Å². The van der Waals surface area contributed by atoms with E-state index in [9.17, 15) is 0 Å². The fourth-order valence-corrected chi connectivity index (χ4v) is 2.67. The second-order valence-corrected chi connectivity index (χ2v) is 4.48. The van der Waals surface area contributed by atoms with Gasteiger partial charge in [0.2, 0.25) is 0 Å². The topological polar surface area (TPSA) is 45.0 Å². The molecule has 3 aliphatic rings. The largest absolute Gasteiger partial charge is 0.493 e. The van der Waals surface area contributed by atoms with E-state index in [-0.39, 0.29) is 0 Å². The van der Waals surface area contributed by atoms with E-state index in [1.54, 1.807) is 0 Å². The molecule has 0 radical (unpaired) electrons. The van der Waals surface area contributed by atoms with Crippen LogP contribution in [0.15, 0.2) is 34.6 Å². The Hall–Kier alpha value is -1.53. The molecule has 2 heterocycles. The molecule has 0 aromatic carbocycles. The average Bonchev–Trinajstić information content (AvgIpc) is 2.38. The highest BCUT2D eigenvalue weighted by molar-refractivity contribution is 5.48. The maximum absolute atomic E-state index is 8.95. The molecule has 1 saturated heterocycles. The summed E-state index contributed by atoms with van der Waals surface area (Å²) in [5.74, 6) is 1.51. The molecule has 0 saturated carbocycles. The minimum atomic E-state index is 0.513. The van der Waals surface area contributed by atoms with Gasteiger partial charge in [-0.05, 0) is 30.7 Å². The van der Waals surface area contributed by atoms with Crippen molar-refractivity contribution in [2.45, 2.75) is 12.8 Å². The van der Waals surface area contributed by atoms with Gasteiger partial charge in [-0.1, -0.05) is 5.57 Å². The van der Waals surface area contributed by atoms with Crippen molar-refractivity contribution in [2.75, 3.05) is 19.7 Å². The summed E-state index contributed by atoms with van der Waals surface area (Å²) in [7, 11) is 0. The molecule has 3 heteroatoms. The van der Waals surface area contributed by atoms with Gasteiger partial charge in [-0.25, -0.2) is 0 Å². The van der Waals surface area contributed by atoms with Gasteiger partial charge in [0.05, 0.1) is 12.7 Å². The van der Waals surface area contributed by atoms with Gasteiger partial charge in [-0.15, -0.1) is 0 Å². The predicted octanol–water partition coefficient (Wildman–Crippen LogP) is 1.66. The second kappa shape index (κ2) is 3.80. The first-order chi connectivity index (χ1) is 7.88. The van der Waals surface area contributed by atoms with Crippen LogP contribution in [0.1, 0.15) is 12.8 Å². The highest BCUT2D eigenvalue weighted by atomic mass is 16.5. The number of nitrogens with zero attached hydrogens (tertiary/aromatic N) is 1. The van der Waals surface area contributed by atoms with Crippen LogP contribution >= 0.6 is 0 Å². The molecule has 2 aliphatic heterocycles. The Balaban J connectivity index is 2.01. The lowest BCUT2D eigenvalue weighted by Gasteiger charge is -2.35. The van der Waals surface area contributed by atoms with Crippen molar-refractivity contribution in [3.8, 4) is 6.07 Å². The zero-order valence-electron chi connectivity index (χ0n) is 9.12. The summed E-state index contributed by atoms with van der Waals surface area (Å²) >= 11 is 0. The molecular weight excluding hydrogens is 200 g/mol. The lowest BCUT2D eigenvalue weighted by Crippen LogP contribution is -2.37. The average molecular weight is 214 g/mol. The molecule has 0 spiro atoms. The number of fused-ring (bicyclic) bond motifs is 2. The summed E-state index contributed by atoms with van der Waals surface area (Å²) in [5, 5.41) is 12.3. The van der Waals surface area contributed by atoms with Crippen LogP contribution in [-0.4, -0.2) is 19.7 Å². The van der Waals surface area contributed by atoms with Crippen LogP contribution in [-0.2, 0) is 4.74 Å². The minimum Gasteiger partial charge on any atom is -0.493 e. The summed E-state index contributed by atoms with van der Waals surface area (Å²) in [5.41, 5.74) is 3.63. The van der Waals surface area contributed by atoms with Crippen molar-refractivity contribution >= 4 is 0 Å². The van der Waals surface area contributed by atoms with E-state index >= 15 is 0 Å².